The van der Waals surface area contributed by atoms with E-state index in [-0.39, 0.29) is 30.5 Å². The maximum atomic E-state index is 11.7. The summed E-state index contributed by atoms with van der Waals surface area (Å²) in [6.07, 6.45) is 5.25. The topological polar surface area (TPSA) is 73.6 Å². The SMILES string of the molecule is COc1ccc(CNC(=O)CC(C)N)cc1OC1CCCC1.Cl. The third-order valence-electron chi connectivity index (χ3n) is 3.82. The van der Waals surface area contributed by atoms with Crippen LogP contribution in [0.4, 0.5) is 0 Å². The first-order valence-corrected chi connectivity index (χ1v) is 7.94. The Balaban J connectivity index is 0.00000264. The Hall–Kier alpha value is -1.46. The van der Waals surface area contributed by atoms with E-state index < -0.39 is 0 Å². The van der Waals surface area contributed by atoms with Crippen molar-refractivity contribution in [2.75, 3.05) is 7.11 Å². The fraction of sp³-hybridized carbons (Fsp3) is 0.588. The van der Waals surface area contributed by atoms with Gasteiger partial charge in [-0.3, -0.25) is 4.79 Å². The smallest absolute Gasteiger partial charge is 0.221 e. The van der Waals surface area contributed by atoms with Gasteiger partial charge in [0.05, 0.1) is 13.2 Å². The third-order valence-corrected chi connectivity index (χ3v) is 3.82. The average Bonchev–Trinajstić information content (AvgIpc) is 2.97. The second kappa shape index (κ2) is 9.63. The second-order valence-electron chi connectivity index (χ2n) is 5.97. The minimum absolute atomic E-state index is 0. The quantitative estimate of drug-likeness (QED) is 0.799. The summed E-state index contributed by atoms with van der Waals surface area (Å²) >= 11 is 0. The molecule has 0 saturated heterocycles. The molecule has 1 atom stereocenters. The van der Waals surface area contributed by atoms with Crippen LogP contribution in [0.1, 0.15) is 44.6 Å². The molecule has 23 heavy (non-hydrogen) atoms. The van der Waals surface area contributed by atoms with Gasteiger partial charge in [-0.25, -0.2) is 0 Å². The summed E-state index contributed by atoms with van der Waals surface area (Å²) in [4.78, 5) is 11.7. The van der Waals surface area contributed by atoms with Crippen LogP contribution in [-0.4, -0.2) is 25.2 Å². The van der Waals surface area contributed by atoms with E-state index in [1.807, 2.05) is 25.1 Å². The van der Waals surface area contributed by atoms with Crippen molar-refractivity contribution in [3.63, 3.8) is 0 Å². The number of rotatable bonds is 7. The maximum absolute atomic E-state index is 11.7. The van der Waals surface area contributed by atoms with Crippen molar-refractivity contribution in [1.82, 2.24) is 5.32 Å². The van der Waals surface area contributed by atoms with Crippen molar-refractivity contribution in [2.24, 2.45) is 5.73 Å². The molecule has 2 rings (SSSR count). The zero-order valence-corrected chi connectivity index (χ0v) is 14.7. The molecule has 1 unspecified atom stereocenters. The van der Waals surface area contributed by atoms with Gasteiger partial charge >= 0.3 is 0 Å². The molecule has 130 valence electrons. The van der Waals surface area contributed by atoms with Crippen molar-refractivity contribution in [3.8, 4) is 11.5 Å². The normalized spacial score (nSPS) is 15.6. The highest BCUT2D eigenvalue weighted by atomic mass is 35.5. The molecule has 3 N–H and O–H groups in total. The Morgan fingerprint density at radius 1 is 1.35 bits per heavy atom. The summed E-state index contributed by atoms with van der Waals surface area (Å²) in [6.45, 7) is 2.29. The first-order chi connectivity index (χ1) is 10.6. The average molecular weight is 343 g/mol. The number of methoxy groups -OCH3 is 1. The Labute approximate surface area is 144 Å². The number of nitrogens with two attached hydrogens (primary N) is 1. The number of hydrogen-bond donors (Lipinski definition) is 2. The summed E-state index contributed by atoms with van der Waals surface area (Å²) < 4.78 is 11.4. The molecule has 1 amide bonds. The molecule has 6 heteroatoms. The van der Waals surface area contributed by atoms with Gasteiger partial charge < -0.3 is 20.5 Å². The minimum atomic E-state index is -0.128. The summed E-state index contributed by atoms with van der Waals surface area (Å²) in [5.74, 6) is 1.45. The van der Waals surface area contributed by atoms with Crippen molar-refractivity contribution >= 4 is 18.3 Å². The van der Waals surface area contributed by atoms with E-state index in [1.54, 1.807) is 7.11 Å². The van der Waals surface area contributed by atoms with Crippen LogP contribution < -0.4 is 20.5 Å². The fourth-order valence-electron chi connectivity index (χ4n) is 2.67. The van der Waals surface area contributed by atoms with Crippen LogP contribution in [0.3, 0.4) is 0 Å². The summed E-state index contributed by atoms with van der Waals surface area (Å²) in [6, 6.07) is 5.64. The lowest BCUT2D eigenvalue weighted by Crippen LogP contribution is -2.29. The maximum Gasteiger partial charge on any atom is 0.221 e. The third kappa shape index (κ3) is 6.28. The zero-order chi connectivity index (χ0) is 15.9. The van der Waals surface area contributed by atoms with E-state index in [1.165, 1.54) is 12.8 Å². The molecule has 0 spiro atoms. The van der Waals surface area contributed by atoms with Crippen molar-refractivity contribution in [2.45, 2.75) is 57.7 Å². The van der Waals surface area contributed by atoms with E-state index in [9.17, 15) is 4.79 Å². The van der Waals surface area contributed by atoms with Gasteiger partial charge in [0.25, 0.3) is 0 Å². The molecule has 1 saturated carbocycles. The van der Waals surface area contributed by atoms with Crippen LogP contribution in [0.25, 0.3) is 0 Å². The standard InChI is InChI=1S/C17H26N2O3.ClH/c1-12(18)9-17(20)19-11-13-7-8-15(21-2)16(10-13)22-14-5-3-4-6-14;/h7-8,10,12,14H,3-6,9,11,18H2,1-2H3,(H,19,20);1H. The van der Waals surface area contributed by atoms with Gasteiger partial charge in [0.2, 0.25) is 5.91 Å². The van der Waals surface area contributed by atoms with E-state index >= 15 is 0 Å². The lowest BCUT2D eigenvalue weighted by molar-refractivity contribution is -0.121. The van der Waals surface area contributed by atoms with Crippen LogP contribution in [0.2, 0.25) is 0 Å². The molecule has 1 fully saturated rings. The molecule has 1 aliphatic rings. The van der Waals surface area contributed by atoms with Crippen molar-refractivity contribution < 1.29 is 14.3 Å². The Morgan fingerprint density at radius 3 is 2.65 bits per heavy atom. The van der Waals surface area contributed by atoms with Gasteiger partial charge in [-0.1, -0.05) is 6.07 Å². The number of benzene rings is 1. The molecule has 0 aliphatic heterocycles. The van der Waals surface area contributed by atoms with Crippen molar-refractivity contribution in [1.29, 1.82) is 0 Å². The molecular weight excluding hydrogens is 316 g/mol. The highest BCUT2D eigenvalue weighted by Gasteiger charge is 2.18. The van der Waals surface area contributed by atoms with Gasteiger partial charge in [-0.05, 0) is 50.3 Å². The number of halogens is 1. The van der Waals surface area contributed by atoms with Crippen molar-refractivity contribution in [3.05, 3.63) is 23.8 Å². The number of amides is 1. The molecule has 5 nitrogen and oxygen atoms in total. The van der Waals surface area contributed by atoms with E-state index in [0.717, 1.165) is 29.9 Å². The first kappa shape index (κ1) is 19.6. The molecule has 1 aromatic carbocycles. The van der Waals surface area contributed by atoms with Gasteiger partial charge in [-0.15, -0.1) is 12.4 Å². The molecule has 1 aromatic rings. The Kier molecular flexibility index (Phi) is 8.20. The fourth-order valence-corrected chi connectivity index (χ4v) is 2.67. The molecule has 0 radical (unpaired) electrons. The molecular formula is C17H27ClN2O3. The van der Waals surface area contributed by atoms with Gasteiger partial charge in [0.1, 0.15) is 0 Å². The molecule has 1 aliphatic carbocycles. The van der Waals surface area contributed by atoms with Gasteiger partial charge in [0.15, 0.2) is 11.5 Å². The van der Waals surface area contributed by atoms with Crippen LogP contribution in [0.15, 0.2) is 18.2 Å². The molecule has 0 aromatic heterocycles. The number of nitrogens with one attached hydrogen (secondary N) is 1. The monoisotopic (exact) mass is 342 g/mol. The predicted molar refractivity (Wildman–Crippen MR) is 93.2 cm³/mol. The predicted octanol–water partition coefficient (Wildman–Crippen LogP) is 2.79. The lowest BCUT2D eigenvalue weighted by atomic mass is 10.2. The van der Waals surface area contributed by atoms with E-state index in [2.05, 4.69) is 5.32 Å². The highest BCUT2D eigenvalue weighted by Crippen LogP contribution is 2.32. The van der Waals surface area contributed by atoms with Crippen LogP contribution in [-0.2, 0) is 11.3 Å². The van der Waals surface area contributed by atoms with Crippen LogP contribution >= 0.6 is 12.4 Å². The summed E-state index contributed by atoms with van der Waals surface area (Å²) in [5, 5.41) is 2.87. The van der Waals surface area contributed by atoms with Gasteiger partial charge in [-0.2, -0.15) is 0 Å². The summed E-state index contributed by atoms with van der Waals surface area (Å²) in [5.41, 5.74) is 6.61. The second-order valence-corrected chi connectivity index (χ2v) is 5.97. The zero-order valence-electron chi connectivity index (χ0n) is 13.8. The van der Waals surface area contributed by atoms with Crippen LogP contribution in [0.5, 0.6) is 11.5 Å². The number of hydrogen-bond acceptors (Lipinski definition) is 4. The summed E-state index contributed by atoms with van der Waals surface area (Å²) in [7, 11) is 1.64. The van der Waals surface area contributed by atoms with Gasteiger partial charge in [0, 0.05) is 19.0 Å². The van der Waals surface area contributed by atoms with Crippen LogP contribution in [0, 0.1) is 0 Å². The molecule has 0 heterocycles. The van der Waals surface area contributed by atoms with E-state index in [4.69, 9.17) is 15.2 Å². The first-order valence-electron chi connectivity index (χ1n) is 7.94. The Morgan fingerprint density at radius 2 is 2.04 bits per heavy atom. The molecule has 0 bridgehead atoms. The van der Waals surface area contributed by atoms with E-state index in [0.29, 0.717) is 13.0 Å². The Bertz CT molecular complexity index is 503. The largest absolute Gasteiger partial charge is 0.493 e. The number of carbonyl (C=O) groups excluding carboxylic acids is 1. The number of carbonyl (C=O) groups is 1. The number of ether oxygens (including phenoxy) is 2. The minimum Gasteiger partial charge on any atom is -0.493 e. The lowest BCUT2D eigenvalue weighted by Gasteiger charge is -2.17. The highest BCUT2D eigenvalue weighted by molar-refractivity contribution is 5.85.